The van der Waals surface area contributed by atoms with Crippen molar-refractivity contribution in [2.24, 2.45) is 5.92 Å². The number of rotatable bonds is 8. The van der Waals surface area contributed by atoms with Crippen molar-refractivity contribution < 1.29 is 9.47 Å². The first-order valence-corrected chi connectivity index (χ1v) is 7.90. The molecule has 2 rings (SSSR count). The van der Waals surface area contributed by atoms with E-state index in [4.69, 9.17) is 9.47 Å². The van der Waals surface area contributed by atoms with Crippen LogP contribution in [0.5, 0.6) is 5.75 Å². The molecule has 1 atom stereocenters. The van der Waals surface area contributed by atoms with E-state index in [1.165, 1.54) is 24.9 Å². The molecule has 0 bridgehead atoms. The molecule has 0 aliphatic carbocycles. The van der Waals surface area contributed by atoms with Gasteiger partial charge in [-0.25, -0.2) is 0 Å². The smallest absolute Gasteiger partial charge is 0.123 e. The molecular weight excluding hydrogens is 264 g/mol. The molecule has 1 aliphatic heterocycles. The zero-order valence-electron chi connectivity index (χ0n) is 13.3. The lowest BCUT2D eigenvalue weighted by molar-refractivity contribution is 0.0831. The third-order valence-electron chi connectivity index (χ3n) is 4.01. The topological polar surface area (TPSA) is 33.7 Å². The van der Waals surface area contributed by atoms with E-state index in [1.54, 1.807) is 7.11 Å². The van der Waals surface area contributed by atoms with Crippen molar-refractivity contribution in [3.8, 4) is 5.75 Å². The van der Waals surface area contributed by atoms with E-state index in [0.717, 1.165) is 38.6 Å². The van der Waals surface area contributed by atoms with Crippen LogP contribution in [0.15, 0.2) is 24.3 Å². The normalized spacial score (nSPS) is 19.6. The number of nitrogens with one attached hydrogen (secondary N) is 1. The van der Waals surface area contributed by atoms with E-state index in [1.807, 2.05) is 13.1 Å². The highest BCUT2D eigenvalue weighted by Gasteiger charge is 2.19. The number of piperidine rings is 1. The maximum Gasteiger partial charge on any atom is 0.123 e. The summed E-state index contributed by atoms with van der Waals surface area (Å²) in [6.45, 7) is 5.78. The molecule has 118 valence electrons. The first-order chi connectivity index (χ1) is 10.3. The third kappa shape index (κ3) is 5.30. The Morgan fingerprint density at radius 3 is 3.00 bits per heavy atom. The Balaban J connectivity index is 1.76. The highest BCUT2D eigenvalue weighted by molar-refractivity contribution is 5.33. The van der Waals surface area contributed by atoms with E-state index >= 15 is 0 Å². The Morgan fingerprint density at radius 2 is 2.19 bits per heavy atom. The van der Waals surface area contributed by atoms with E-state index in [2.05, 4.69) is 28.4 Å². The fourth-order valence-electron chi connectivity index (χ4n) is 2.99. The van der Waals surface area contributed by atoms with Crippen LogP contribution < -0.4 is 10.1 Å². The summed E-state index contributed by atoms with van der Waals surface area (Å²) in [5.74, 6) is 1.68. The lowest BCUT2D eigenvalue weighted by atomic mass is 9.99. The minimum Gasteiger partial charge on any atom is -0.492 e. The van der Waals surface area contributed by atoms with Crippen molar-refractivity contribution in [1.29, 1.82) is 0 Å². The fourth-order valence-corrected chi connectivity index (χ4v) is 2.99. The predicted octanol–water partition coefficient (Wildman–Crippen LogP) is 2.14. The van der Waals surface area contributed by atoms with Crippen LogP contribution in [0, 0.1) is 5.92 Å². The fraction of sp³-hybridized carbons (Fsp3) is 0.647. The minimum absolute atomic E-state index is 0.681. The van der Waals surface area contributed by atoms with Gasteiger partial charge in [-0.05, 0) is 38.4 Å². The summed E-state index contributed by atoms with van der Waals surface area (Å²) in [6, 6.07) is 8.25. The molecule has 21 heavy (non-hydrogen) atoms. The molecule has 1 aromatic rings. The largest absolute Gasteiger partial charge is 0.492 e. The van der Waals surface area contributed by atoms with Gasteiger partial charge in [0.2, 0.25) is 0 Å². The Morgan fingerprint density at radius 1 is 1.33 bits per heavy atom. The summed E-state index contributed by atoms with van der Waals surface area (Å²) in [5.41, 5.74) is 1.22. The molecule has 0 radical (unpaired) electrons. The molecule has 0 amide bonds. The van der Waals surface area contributed by atoms with Gasteiger partial charge in [-0.1, -0.05) is 18.2 Å². The SMILES string of the molecule is CNCc1ccccc1OCCN1CCCC(COC)C1. The van der Waals surface area contributed by atoms with Gasteiger partial charge < -0.3 is 14.8 Å². The quantitative estimate of drug-likeness (QED) is 0.796. The molecule has 1 heterocycles. The maximum atomic E-state index is 5.97. The van der Waals surface area contributed by atoms with Gasteiger partial charge in [-0.15, -0.1) is 0 Å². The molecule has 1 aliphatic rings. The second-order valence-electron chi connectivity index (χ2n) is 5.75. The number of methoxy groups -OCH3 is 1. The standard InChI is InChI=1S/C17H28N2O2/c1-18-12-16-7-3-4-8-17(16)21-11-10-19-9-5-6-15(13-19)14-20-2/h3-4,7-8,15,18H,5-6,9-14H2,1-2H3. The van der Waals surface area contributed by atoms with Crippen LogP contribution in [0.2, 0.25) is 0 Å². The van der Waals surface area contributed by atoms with Crippen LogP contribution in [-0.4, -0.2) is 51.9 Å². The summed E-state index contributed by atoms with van der Waals surface area (Å²) in [7, 11) is 3.75. The zero-order chi connectivity index (χ0) is 14.9. The van der Waals surface area contributed by atoms with E-state index in [9.17, 15) is 0 Å². The number of nitrogens with zero attached hydrogens (tertiary/aromatic N) is 1. The number of hydrogen-bond donors (Lipinski definition) is 1. The average molecular weight is 292 g/mol. The van der Waals surface area contributed by atoms with Crippen LogP contribution in [0.4, 0.5) is 0 Å². The number of ether oxygens (including phenoxy) is 2. The van der Waals surface area contributed by atoms with Gasteiger partial charge >= 0.3 is 0 Å². The number of hydrogen-bond acceptors (Lipinski definition) is 4. The Labute approximate surface area is 128 Å². The Kier molecular flexibility index (Phi) is 7.00. The molecule has 1 saturated heterocycles. The van der Waals surface area contributed by atoms with Crippen LogP contribution >= 0.6 is 0 Å². The second-order valence-corrected chi connectivity index (χ2v) is 5.75. The monoisotopic (exact) mass is 292 g/mol. The van der Waals surface area contributed by atoms with Crippen molar-refractivity contribution in [2.75, 3.05) is 47.0 Å². The van der Waals surface area contributed by atoms with Gasteiger partial charge in [0.1, 0.15) is 12.4 Å². The Bertz CT molecular complexity index is 410. The molecule has 4 nitrogen and oxygen atoms in total. The van der Waals surface area contributed by atoms with E-state index in [0.29, 0.717) is 5.92 Å². The molecule has 4 heteroatoms. The zero-order valence-corrected chi connectivity index (χ0v) is 13.3. The van der Waals surface area contributed by atoms with E-state index in [-0.39, 0.29) is 0 Å². The van der Waals surface area contributed by atoms with Crippen LogP contribution in [-0.2, 0) is 11.3 Å². The number of para-hydroxylation sites is 1. The van der Waals surface area contributed by atoms with Gasteiger partial charge in [-0.3, -0.25) is 4.90 Å². The first-order valence-electron chi connectivity index (χ1n) is 7.90. The second kappa shape index (κ2) is 9.03. The van der Waals surface area contributed by atoms with Crippen molar-refractivity contribution in [1.82, 2.24) is 10.2 Å². The lowest BCUT2D eigenvalue weighted by Gasteiger charge is -2.32. The van der Waals surface area contributed by atoms with Crippen LogP contribution in [0.1, 0.15) is 18.4 Å². The predicted molar refractivity (Wildman–Crippen MR) is 85.7 cm³/mol. The first kappa shape index (κ1) is 16.3. The molecule has 0 aromatic heterocycles. The van der Waals surface area contributed by atoms with Gasteiger partial charge in [0.15, 0.2) is 0 Å². The summed E-state index contributed by atoms with van der Waals surface area (Å²) in [6.07, 6.45) is 2.56. The molecule has 1 fully saturated rings. The molecule has 0 spiro atoms. The van der Waals surface area contributed by atoms with Gasteiger partial charge in [0.05, 0.1) is 6.61 Å². The van der Waals surface area contributed by atoms with E-state index < -0.39 is 0 Å². The molecule has 0 saturated carbocycles. The van der Waals surface area contributed by atoms with Crippen molar-refractivity contribution in [3.05, 3.63) is 29.8 Å². The Hall–Kier alpha value is -1.10. The maximum absolute atomic E-state index is 5.97. The lowest BCUT2D eigenvalue weighted by Crippen LogP contribution is -2.39. The molecule has 1 unspecified atom stereocenters. The third-order valence-corrected chi connectivity index (χ3v) is 4.01. The highest BCUT2D eigenvalue weighted by atomic mass is 16.5. The van der Waals surface area contributed by atoms with Gasteiger partial charge in [-0.2, -0.15) is 0 Å². The molecule has 1 N–H and O–H groups in total. The average Bonchev–Trinajstić information content (AvgIpc) is 2.50. The van der Waals surface area contributed by atoms with Crippen molar-refractivity contribution in [3.63, 3.8) is 0 Å². The van der Waals surface area contributed by atoms with Gasteiger partial charge in [0, 0.05) is 32.3 Å². The van der Waals surface area contributed by atoms with Gasteiger partial charge in [0.25, 0.3) is 0 Å². The number of benzene rings is 1. The summed E-state index contributed by atoms with van der Waals surface area (Å²) < 4.78 is 11.3. The number of likely N-dealkylation sites (tertiary alicyclic amines) is 1. The molecule has 1 aromatic carbocycles. The summed E-state index contributed by atoms with van der Waals surface area (Å²) in [5, 5.41) is 3.18. The van der Waals surface area contributed by atoms with Crippen LogP contribution in [0.3, 0.4) is 0 Å². The summed E-state index contributed by atoms with van der Waals surface area (Å²) >= 11 is 0. The highest BCUT2D eigenvalue weighted by Crippen LogP contribution is 2.19. The van der Waals surface area contributed by atoms with Crippen molar-refractivity contribution in [2.45, 2.75) is 19.4 Å². The molecular formula is C17H28N2O2. The van der Waals surface area contributed by atoms with Crippen LogP contribution in [0.25, 0.3) is 0 Å². The van der Waals surface area contributed by atoms with Crippen molar-refractivity contribution >= 4 is 0 Å². The minimum atomic E-state index is 0.681. The summed E-state index contributed by atoms with van der Waals surface area (Å²) in [4.78, 5) is 2.49.